The molecule has 1 amide bonds. The molecule has 6 nitrogen and oxygen atoms in total. The van der Waals surface area contributed by atoms with E-state index in [1.165, 1.54) is 44.4 Å². The first-order chi connectivity index (χ1) is 13.7. The molecule has 0 radical (unpaired) electrons. The van der Waals surface area contributed by atoms with Gasteiger partial charge in [-0.25, -0.2) is 4.79 Å². The summed E-state index contributed by atoms with van der Waals surface area (Å²) in [7, 11) is 1.37. The minimum absolute atomic E-state index is 0.0375. The Hall–Kier alpha value is -3.07. The van der Waals surface area contributed by atoms with E-state index in [4.69, 9.17) is 4.74 Å². The minimum Gasteiger partial charge on any atom is -0.496 e. The Morgan fingerprint density at radius 3 is 2.21 bits per heavy atom. The van der Waals surface area contributed by atoms with Crippen molar-refractivity contribution < 1.29 is 32.2 Å². The van der Waals surface area contributed by atoms with Gasteiger partial charge in [-0.2, -0.15) is 13.2 Å². The van der Waals surface area contributed by atoms with Gasteiger partial charge in [-0.05, 0) is 25.1 Å². The van der Waals surface area contributed by atoms with E-state index in [-0.39, 0.29) is 12.2 Å². The fourth-order valence-electron chi connectivity index (χ4n) is 2.60. The SMILES string of the molecule is CCOC(=O)[C@](NCc1ccccc1OC)(NC(=O)c1ccccc1)C(F)(F)F. The van der Waals surface area contributed by atoms with Gasteiger partial charge in [0.25, 0.3) is 11.6 Å². The second-order valence-corrected chi connectivity index (χ2v) is 5.95. The van der Waals surface area contributed by atoms with Crippen LogP contribution in [0, 0.1) is 0 Å². The summed E-state index contributed by atoms with van der Waals surface area (Å²) in [5.74, 6) is -2.41. The van der Waals surface area contributed by atoms with E-state index in [0.717, 1.165) is 0 Å². The molecular weight excluding hydrogens is 389 g/mol. The number of carbonyl (C=O) groups excluding carboxylic acids is 2. The van der Waals surface area contributed by atoms with Crippen LogP contribution in [0.3, 0.4) is 0 Å². The van der Waals surface area contributed by atoms with Crippen LogP contribution >= 0.6 is 0 Å². The van der Waals surface area contributed by atoms with Crippen molar-refractivity contribution in [3.8, 4) is 5.75 Å². The Balaban J connectivity index is 2.42. The molecule has 0 unspecified atom stereocenters. The number of para-hydroxylation sites is 1. The minimum atomic E-state index is -5.19. The molecule has 0 aliphatic rings. The smallest absolute Gasteiger partial charge is 0.436 e. The quantitative estimate of drug-likeness (QED) is 0.517. The lowest BCUT2D eigenvalue weighted by Crippen LogP contribution is -2.72. The second-order valence-electron chi connectivity index (χ2n) is 5.95. The maximum atomic E-state index is 14.1. The van der Waals surface area contributed by atoms with E-state index in [9.17, 15) is 22.8 Å². The van der Waals surface area contributed by atoms with E-state index in [1.54, 1.807) is 29.6 Å². The number of ether oxygens (including phenoxy) is 2. The van der Waals surface area contributed by atoms with Gasteiger partial charge in [0.1, 0.15) is 5.75 Å². The molecule has 2 aromatic carbocycles. The second kappa shape index (κ2) is 9.42. The van der Waals surface area contributed by atoms with Gasteiger partial charge in [-0.3, -0.25) is 10.1 Å². The Kier molecular flexibility index (Phi) is 7.22. The summed E-state index contributed by atoms with van der Waals surface area (Å²) >= 11 is 0. The van der Waals surface area contributed by atoms with Gasteiger partial charge in [0, 0.05) is 17.7 Å². The van der Waals surface area contributed by atoms with Crippen molar-refractivity contribution in [3.63, 3.8) is 0 Å². The van der Waals surface area contributed by atoms with Crippen LogP contribution in [-0.2, 0) is 16.1 Å². The lowest BCUT2D eigenvalue weighted by Gasteiger charge is -2.35. The Bertz CT molecular complexity index is 843. The Labute approximate surface area is 166 Å². The molecule has 0 saturated heterocycles. The van der Waals surface area contributed by atoms with Gasteiger partial charge >= 0.3 is 12.1 Å². The molecule has 156 valence electrons. The molecule has 9 heteroatoms. The maximum absolute atomic E-state index is 14.1. The predicted octanol–water partition coefficient (Wildman–Crippen LogP) is 3.04. The fraction of sp³-hybridized carbons (Fsp3) is 0.300. The van der Waals surface area contributed by atoms with Crippen LogP contribution < -0.4 is 15.4 Å². The lowest BCUT2D eigenvalue weighted by molar-refractivity contribution is -0.219. The predicted molar refractivity (Wildman–Crippen MR) is 99.2 cm³/mol. The summed E-state index contributed by atoms with van der Waals surface area (Å²) in [6, 6.07) is 13.6. The molecule has 0 heterocycles. The number of nitrogens with one attached hydrogen (secondary N) is 2. The molecular formula is C20H21F3N2O4. The average Bonchev–Trinajstić information content (AvgIpc) is 2.71. The van der Waals surface area contributed by atoms with Crippen molar-refractivity contribution in [1.29, 1.82) is 0 Å². The number of alkyl halides is 3. The number of esters is 1. The zero-order valence-electron chi connectivity index (χ0n) is 15.9. The van der Waals surface area contributed by atoms with Crippen LogP contribution in [0.15, 0.2) is 54.6 Å². The number of carbonyl (C=O) groups is 2. The summed E-state index contributed by atoms with van der Waals surface area (Å²) < 4.78 is 52.1. The number of hydrogen-bond donors (Lipinski definition) is 2. The number of amides is 1. The fourth-order valence-corrected chi connectivity index (χ4v) is 2.60. The van der Waals surface area contributed by atoms with Crippen molar-refractivity contribution in [2.45, 2.75) is 25.3 Å². The first-order valence-corrected chi connectivity index (χ1v) is 8.73. The third-order valence-corrected chi connectivity index (χ3v) is 4.08. The Morgan fingerprint density at radius 2 is 1.62 bits per heavy atom. The first-order valence-electron chi connectivity index (χ1n) is 8.73. The highest BCUT2D eigenvalue weighted by atomic mass is 19.4. The molecule has 29 heavy (non-hydrogen) atoms. The van der Waals surface area contributed by atoms with Crippen molar-refractivity contribution >= 4 is 11.9 Å². The molecule has 0 bridgehead atoms. The average molecular weight is 410 g/mol. The number of methoxy groups -OCH3 is 1. The van der Waals surface area contributed by atoms with Crippen LogP contribution in [-0.4, -0.2) is 37.4 Å². The highest BCUT2D eigenvalue weighted by molar-refractivity contribution is 5.98. The largest absolute Gasteiger partial charge is 0.496 e. The lowest BCUT2D eigenvalue weighted by atomic mass is 10.1. The summed E-state index contributed by atoms with van der Waals surface area (Å²) in [5.41, 5.74) is -3.12. The van der Waals surface area contributed by atoms with Crippen LogP contribution in [0.25, 0.3) is 0 Å². The summed E-state index contributed by atoms with van der Waals surface area (Å²) in [6.45, 7) is 0.657. The molecule has 0 aliphatic carbocycles. The number of hydrogen-bond acceptors (Lipinski definition) is 5. The third-order valence-electron chi connectivity index (χ3n) is 4.08. The summed E-state index contributed by atoms with van der Waals surface area (Å²) in [6.07, 6.45) is -5.19. The van der Waals surface area contributed by atoms with Crippen molar-refractivity contribution in [3.05, 3.63) is 65.7 Å². The molecule has 0 spiro atoms. The summed E-state index contributed by atoms with van der Waals surface area (Å²) in [5, 5.41) is 3.93. The molecule has 2 aromatic rings. The molecule has 2 N–H and O–H groups in total. The van der Waals surface area contributed by atoms with Gasteiger partial charge in [-0.15, -0.1) is 0 Å². The van der Waals surface area contributed by atoms with Crippen LogP contribution in [0.4, 0.5) is 13.2 Å². The van der Waals surface area contributed by atoms with Crippen LogP contribution in [0.5, 0.6) is 5.75 Å². The normalized spacial score (nSPS) is 13.3. The van der Waals surface area contributed by atoms with Gasteiger partial charge in [0.15, 0.2) is 0 Å². The highest BCUT2D eigenvalue weighted by Gasteiger charge is 2.63. The van der Waals surface area contributed by atoms with Gasteiger partial charge in [0.05, 0.1) is 13.7 Å². The number of halogens is 3. The third kappa shape index (κ3) is 5.05. The molecule has 2 rings (SSSR count). The highest BCUT2D eigenvalue weighted by Crippen LogP contribution is 2.31. The number of rotatable bonds is 8. The maximum Gasteiger partial charge on any atom is 0.436 e. The van der Waals surface area contributed by atoms with Crippen LogP contribution in [0.2, 0.25) is 0 Å². The van der Waals surface area contributed by atoms with Crippen molar-refractivity contribution in [2.24, 2.45) is 0 Å². The standard InChI is InChI=1S/C20H21F3N2O4/c1-3-29-18(27)19(20(21,22)23,25-17(26)14-9-5-4-6-10-14)24-13-15-11-7-8-12-16(15)28-2/h4-12,24H,3,13H2,1-2H3,(H,25,26)/t19-/m0/s1. The zero-order valence-corrected chi connectivity index (χ0v) is 15.9. The molecule has 0 saturated carbocycles. The molecule has 0 aliphatic heterocycles. The van der Waals surface area contributed by atoms with Crippen molar-refractivity contribution in [1.82, 2.24) is 10.6 Å². The topological polar surface area (TPSA) is 76.7 Å². The monoisotopic (exact) mass is 410 g/mol. The van der Waals surface area contributed by atoms with E-state index in [1.807, 2.05) is 0 Å². The Morgan fingerprint density at radius 1 is 1.00 bits per heavy atom. The molecule has 1 atom stereocenters. The van der Waals surface area contributed by atoms with E-state index in [2.05, 4.69) is 10.1 Å². The summed E-state index contributed by atoms with van der Waals surface area (Å²) in [4.78, 5) is 24.9. The van der Waals surface area contributed by atoms with E-state index < -0.39 is 30.3 Å². The van der Waals surface area contributed by atoms with E-state index in [0.29, 0.717) is 11.3 Å². The van der Waals surface area contributed by atoms with Gasteiger partial charge in [0.2, 0.25) is 0 Å². The molecule has 0 fully saturated rings. The number of benzene rings is 2. The van der Waals surface area contributed by atoms with Crippen LogP contribution in [0.1, 0.15) is 22.8 Å². The first kappa shape index (κ1) is 22.2. The van der Waals surface area contributed by atoms with Crippen molar-refractivity contribution in [2.75, 3.05) is 13.7 Å². The molecule has 0 aromatic heterocycles. The van der Waals surface area contributed by atoms with Gasteiger partial charge < -0.3 is 14.8 Å². The van der Waals surface area contributed by atoms with E-state index >= 15 is 0 Å². The van der Waals surface area contributed by atoms with Gasteiger partial charge in [-0.1, -0.05) is 36.4 Å². The zero-order chi connectivity index (χ0) is 21.5.